The van der Waals surface area contributed by atoms with E-state index in [-0.39, 0.29) is 5.56 Å². The number of benzene rings is 2. The summed E-state index contributed by atoms with van der Waals surface area (Å²) in [6.07, 6.45) is 1.96. The Balaban J connectivity index is 1.81. The van der Waals surface area contributed by atoms with E-state index < -0.39 is 5.97 Å². The Morgan fingerprint density at radius 2 is 2.00 bits per heavy atom. The topological polar surface area (TPSA) is 76.4 Å². The number of carboxylic acid groups (broad SMARTS) is 1. The van der Waals surface area contributed by atoms with Crippen LogP contribution in [0.4, 0.5) is 5.69 Å². The molecule has 1 heterocycles. The summed E-state index contributed by atoms with van der Waals surface area (Å²) < 4.78 is 7.13. The molecule has 0 aliphatic rings. The van der Waals surface area contributed by atoms with Crippen molar-refractivity contribution in [1.29, 1.82) is 0 Å². The Bertz CT molecular complexity index is 888. The second-order valence-electron chi connectivity index (χ2n) is 5.59. The Hall–Kier alpha value is -3.28. The zero-order valence-electron chi connectivity index (χ0n) is 14.1. The summed E-state index contributed by atoms with van der Waals surface area (Å²) in [7, 11) is 1.56. The van der Waals surface area contributed by atoms with Gasteiger partial charge in [-0.15, -0.1) is 0 Å². The van der Waals surface area contributed by atoms with Crippen molar-refractivity contribution < 1.29 is 14.6 Å². The van der Waals surface area contributed by atoms with Crippen molar-refractivity contribution in [2.75, 3.05) is 12.4 Å². The van der Waals surface area contributed by atoms with Gasteiger partial charge in [0.1, 0.15) is 5.75 Å². The molecule has 1 aromatic heterocycles. The molecule has 6 nitrogen and oxygen atoms in total. The molecular formula is C19H19N3O3. The highest BCUT2D eigenvalue weighted by atomic mass is 16.5. The summed E-state index contributed by atoms with van der Waals surface area (Å²) in [6.45, 7) is 2.46. The van der Waals surface area contributed by atoms with Crippen LogP contribution in [-0.4, -0.2) is 28.0 Å². The van der Waals surface area contributed by atoms with Crippen molar-refractivity contribution >= 4 is 11.7 Å². The summed E-state index contributed by atoms with van der Waals surface area (Å²) in [5.74, 6) is -0.378. The molecule has 0 bridgehead atoms. The predicted molar refractivity (Wildman–Crippen MR) is 95.6 cm³/mol. The normalized spacial score (nSPS) is 10.5. The van der Waals surface area contributed by atoms with Crippen LogP contribution >= 0.6 is 0 Å². The van der Waals surface area contributed by atoms with E-state index in [9.17, 15) is 4.79 Å². The zero-order valence-corrected chi connectivity index (χ0v) is 14.1. The molecule has 0 atom stereocenters. The summed E-state index contributed by atoms with van der Waals surface area (Å²) >= 11 is 0. The van der Waals surface area contributed by atoms with Crippen LogP contribution in [0, 0.1) is 6.92 Å². The van der Waals surface area contributed by atoms with Crippen LogP contribution in [0.1, 0.15) is 21.6 Å². The highest BCUT2D eigenvalue weighted by Crippen LogP contribution is 2.26. The van der Waals surface area contributed by atoms with Crippen molar-refractivity contribution in [3.8, 4) is 11.4 Å². The number of nitrogens with one attached hydrogen (secondary N) is 1. The maximum Gasteiger partial charge on any atom is 0.335 e. The van der Waals surface area contributed by atoms with Crippen molar-refractivity contribution in [2.24, 2.45) is 0 Å². The van der Waals surface area contributed by atoms with E-state index in [4.69, 9.17) is 9.84 Å². The third kappa shape index (κ3) is 3.63. The molecule has 0 radical (unpaired) electrons. The Kier molecular flexibility index (Phi) is 4.70. The highest BCUT2D eigenvalue weighted by Gasteiger charge is 2.11. The van der Waals surface area contributed by atoms with Crippen LogP contribution in [0.2, 0.25) is 0 Å². The number of aromatic nitrogens is 2. The maximum atomic E-state index is 11.2. The third-order valence-electron chi connectivity index (χ3n) is 3.94. The molecule has 0 aliphatic carbocycles. The average Bonchev–Trinajstić information content (AvgIpc) is 3.01. The lowest BCUT2D eigenvalue weighted by molar-refractivity contribution is 0.0697. The van der Waals surface area contributed by atoms with Gasteiger partial charge in [-0.1, -0.05) is 18.2 Å². The Labute approximate surface area is 145 Å². The number of para-hydroxylation sites is 1. The number of anilines is 1. The first kappa shape index (κ1) is 16.6. The monoisotopic (exact) mass is 337 g/mol. The smallest absolute Gasteiger partial charge is 0.335 e. The van der Waals surface area contributed by atoms with Gasteiger partial charge in [0.05, 0.1) is 29.7 Å². The van der Waals surface area contributed by atoms with E-state index in [1.807, 2.05) is 48.1 Å². The molecule has 0 fully saturated rings. The van der Waals surface area contributed by atoms with Gasteiger partial charge in [0, 0.05) is 18.3 Å². The minimum absolute atomic E-state index is 0.208. The molecular weight excluding hydrogens is 318 g/mol. The van der Waals surface area contributed by atoms with E-state index in [0.717, 1.165) is 16.9 Å². The maximum absolute atomic E-state index is 11.2. The van der Waals surface area contributed by atoms with Crippen LogP contribution < -0.4 is 10.1 Å². The number of aromatic carboxylic acids is 1. The molecule has 0 amide bonds. The zero-order chi connectivity index (χ0) is 17.8. The largest absolute Gasteiger partial charge is 0.495 e. The van der Waals surface area contributed by atoms with Gasteiger partial charge >= 0.3 is 5.97 Å². The lowest BCUT2D eigenvalue weighted by Crippen LogP contribution is -2.04. The fourth-order valence-corrected chi connectivity index (χ4v) is 2.55. The molecule has 128 valence electrons. The van der Waals surface area contributed by atoms with E-state index in [2.05, 4.69) is 10.4 Å². The van der Waals surface area contributed by atoms with Gasteiger partial charge in [-0.2, -0.15) is 5.10 Å². The molecule has 25 heavy (non-hydrogen) atoms. The van der Waals surface area contributed by atoms with Gasteiger partial charge in [0.25, 0.3) is 0 Å². The van der Waals surface area contributed by atoms with Crippen molar-refractivity contribution in [1.82, 2.24) is 9.78 Å². The number of carboxylic acids is 1. The van der Waals surface area contributed by atoms with E-state index in [1.54, 1.807) is 19.2 Å². The van der Waals surface area contributed by atoms with E-state index >= 15 is 0 Å². The molecule has 0 saturated heterocycles. The average molecular weight is 337 g/mol. The van der Waals surface area contributed by atoms with E-state index in [1.165, 1.54) is 6.07 Å². The first-order chi connectivity index (χ1) is 12.1. The highest BCUT2D eigenvalue weighted by molar-refractivity contribution is 5.89. The third-order valence-corrected chi connectivity index (χ3v) is 3.94. The summed E-state index contributed by atoms with van der Waals surface area (Å²) in [6, 6.07) is 14.6. The van der Waals surface area contributed by atoms with Crippen LogP contribution in [-0.2, 0) is 6.54 Å². The Morgan fingerprint density at radius 3 is 2.68 bits per heavy atom. The number of carbonyl (C=O) groups is 1. The van der Waals surface area contributed by atoms with Crippen LogP contribution in [0.15, 0.2) is 54.7 Å². The molecule has 0 spiro atoms. The number of aryl methyl sites for hydroxylation is 1. The standard InChI is InChI=1S/C19H19N3O3/c1-13-15(12-22(21-13)16-6-4-3-5-7-16)11-20-17-10-14(19(23)24)8-9-18(17)25-2/h3-10,12,20H,11H2,1-2H3,(H,23,24). The fourth-order valence-electron chi connectivity index (χ4n) is 2.55. The van der Waals surface area contributed by atoms with Crippen molar-refractivity contribution in [3.63, 3.8) is 0 Å². The quantitative estimate of drug-likeness (QED) is 0.720. The fraction of sp³-hybridized carbons (Fsp3) is 0.158. The van der Waals surface area contributed by atoms with Crippen molar-refractivity contribution in [2.45, 2.75) is 13.5 Å². The second kappa shape index (κ2) is 7.09. The summed E-state index contributed by atoms with van der Waals surface area (Å²) in [5, 5.41) is 16.9. The first-order valence-electron chi connectivity index (χ1n) is 7.84. The SMILES string of the molecule is COc1ccc(C(=O)O)cc1NCc1cn(-c2ccccc2)nc1C. The number of rotatable bonds is 6. The molecule has 2 N–H and O–H groups in total. The summed E-state index contributed by atoms with van der Waals surface area (Å²) in [4.78, 5) is 11.2. The Morgan fingerprint density at radius 1 is 1.24 bits per heavy atom. The van der Waals surface area contributed by atoms with Gasteiger partial charge in [-0.25, -0.2) is 9.48 Å². The van der Waals surface area contributed by atoms with Gasteiger partial charge < -0.3 is 15.2 Å². The molecule has 6 heteroatoms. The predicted octanol–water partition coefficient (Wildman–Crippen LogP) is 3.50. The number of ether oxygens (including phenoxy) is 1. The van der Waals surface area contributed by atoms with Gasteiger partial charge in [-0.05, 0) is 37.3 Å². The van der Waals surface area contributed by atoms with Crippen LogP contribution in [0.3, 0.4) is 0 Å². The number of hydrogen-bond acceptors (Lipinski definition) is 4. The molecule has 0 saturated carbocycles. The molecule has 0 unspecified atom stereocenters. The van der Waals surface area contributed by atoms with Gasteiger partial charge in [0.15, 0.2) is 0 Å². The minimum atomic E-state index is -0.973. The van der Waals surface area contributed by atoms with Crippen molar-refractivity contribution in [3.05, 3.63) is 71.5 Å². The molecule has 3 aromatic rings. The lowest BCUT2D eigenvalue weighted by Gasteiger charge is -2.11. The first-order valence-corrected chi connectivity index (χ1v) is 7.84. The van der Waals surface area contributed by atoms with Gasteiger partial charge in [-0.3, -0.25) is 0 Å². The molecule has 3 rings (SSSR count). The summed E-state index contributed by atoms with van der Waals surface area (Å²) in [5.41, 5.74) is 3.76. The number of nitrogens with zero attached hydrogens (tertiary/aromatic N) is 2. The van der Waals surface area contributed by atoms with Gasteiger partial charge in [0.2, 0.25) is 0 Å². The minimum Gasteiger partial charge on any atom is -0.495 e. The molecule has 2 aromatic carbocycles. The molecule has 0 aliphatic heterocycles. The van der Waals surface area contributed by atoms with Crippen LogP contribution in [0.5, 0.6) is 5.75 Å². The van der Waals surface area contributed by atoms with Crippen LogP contribution in [0.25, 0.3) is 5.69 Å². The number of methoxy groups -OCH3 is 1. The van der Waals surface area contributed by atoms with E-state index in [0.29, 0.717) is 18.0 Å². The second-order valence-corrected chi connectivity index (χ2v) is 5.59. The number of hydrogen-bond donors (Lipinski definition) is 2. The lowest BCUT2D eigenvalue weighted by atomic mass is 10.1.